The van der Waals surface area contributed by atoms with Crippen LogP contribution in [0.1, 0.15) is 37.2 Å². The standard InChI is InChI=1S/C17H23NO3.C4H4O4/c1-18-13-7-8-14(18)10-15(9-13)21-17(20)16(11-19)12-5-3-2-4-6-12;5-3(6)1-2-4(7)8/h2-6,13-16,19H,7-11H2,1H3;1-2H,(H,5,6)(H,7,8)/b;2-1-. The molecule has 8 heteroatoms. The molecule has 2 aliphatic heterocycles. The van der Waals surface area contributed by atoms with Crippen molar-refractivity contribution in [3.63, 3.8) is 0 Å². The first kappa shape index (κ1) is 22.6. The summed E-state index contributed by atoms with van der Waals surface area (Å²) < 4.78 is 5.70. The Balaban J connectivity index is 0.000000321. The number of benzene rings is 1. The van der Waals surface area contributed by atoms with Crippen molar-refractivity contribution < 1.29 is 34.4 Å². The molecule has 29 heavy (non-hydrogen) atoms. The van der Waals surface area contributed by atoms with Crippen molar-refractivity contribution in [1.29, 1.82) is 0 Å². The zero-order chi connectivity index (χ0) is 21.4. The Labute approximate surface area is 169 Å². The van der Waals surface area contributed by atoms with Crippen LogP contribution in [0.5, 0.6) is 0 Å². The van der Waals surface area contributed by atoms with Gasteiger partial charge in [-0.1, -0.05) is 30.3 Å². The number of fused-ring (bicyclic) bond motifs is 2. The number of aliphatic hydroxyl groups excluding tert-OH is 1. The number of nitrogens with zero attached hydrogens (tertiary/aromatic N) is 1. The Bertz CT molecular complexity index is 704. The van der Waals surface area contributed by atoms with Crippen LogP contribution in [0.2, 0.25) is 0 Å². The van der Waals surface area contributed by atoms with Gasteiger partial charge in [0.1, 0.15) is 12.0 Å². The minimum Gasteiger partial charge on any atom is -0.478 e. The first-order valence-corrected chi connectivity index (χ1v) is 9.54. The van der Waals surface area contributed by atoms with E-state index in [4.69, 9.17) is 14.9 Å². The van der Waals surface area contributed by atoms with Crippen LogP contribution in [0.25, 0.3) is 0 Å². The molecule has 158 valence electrons. The third kappa shape index (κ3) is 6.69. The fraction of sp³-hybridized carbons (Fsp3) is 0.476. The molecule has 3 unspecified atom stereocenters. The second-order valence-electron chi connectivity index (χ2n) is 7.24. The van der Waals surface area contributed by atoms with E-state index in [2.05, 4.69) is 11.9 Å². The molecule has 0 spiro atoms. The first-order chi connectivity index (χ1) is 13.8. The lowest BCUT2D eigenvalue weighted by Gasteiger charge is -2.36. The Morgan fingerprint density at radius 1 is 1.07 bits per heavy atom. The fourth-order valence-corrected chi connectivity index (χ4v) is 3.85. The van der Waals surface area contributed by atoms with Gasteiger partial charge in [0.15, 0.2) is 0 Å². The van der Waals surface area contributed by atoms with E-state index in [9.17, 15) is 19.5 Å². The van der Waals surface area contributed by atoms with Gasteiger partial charge in [-0.2, -0.15) is 0 Å². The van der Waals surface area contributed by atoms with Crippen molar-refractivity contribution in [2.45, 2.75) is 49.8 Å². The van der Waals surface area contributed by atoms with Crippen molar-refractivity contribution in [2.24, 2.45) is 0 Å². The number of ether oxygens (including phenoxy) is 1. The van der Waals surface area contributed by atoms with Gasteiger partial charge in [0.05, 0.1) is 6.61 Å². The van der Waals surface area contributed by atoms with E-state index in [0.29, 0.717) is 24.2 Å². The average Bonchev–Trinajstić information content (AvgIpc) is 2.89. The van der Waals surface area contributed by atoms with Gasteiger partial charge in [-0.05, 0) is 38.3 Å². The number of esters is 1. The number of carboxylic acids is 2. The SMILES string of the molecule is CN1C2CCC1CC(OC(=O)C(CO)c1ccccc1)C2.O=C(O)/C=C\C(=O)O. The zero-order valence-electron chi connectivity index (χ0n) is 16.3. The zero-order valence-corrected chi connectivity index (χ0v) is 16.3. The predicted molar refractivity (Wildman–Crippen MR) is 104 cm³/mol. The van der Waals surface area contributed by atoms with Crippen molar-refractivity contribution >= 4 is 17.9 Å². The van der Waals surface area contributed by atoms with Crippen LogP contribution in [0.4, 0.5) is 0 Å². The van der Waals surface area contributed by atoms with Crippen LogP contribution < -0.4 is 0 Å². The van der Waals surface area contributed by atoms with E-state index in [1.54, 1.807) is 0 Å². The molecule has 3 atom stereocenters. The van der Waals surface area contributed by atoms with Crippen molar-refractivity contribution in [3.8, 4) is 0 Å². The van der Waals surface area contributed by atoms with Crippen LogP contribution >= 0.6 is 0 Å². The summed E-state index contributed by atoms with van der Waals surface area (Å²) in [5.74, 6) is -3.37. The number of carbonyl (C=O) groups excluding carboxylic acids is 1. The van der Waals surface area contributed by atoms with Crippen LogP contribution in [0.15, 0.2) is 42.5 Å². The number of carboxylic acid groups (broad SMARTS) is 2. The molecule has 2 saturated heterocycles. The van der Waals surface area contributed by atoms with Crippen LogP contribution in [0, 0.1) is 0 Å². The number of rotatable bonds is 6. The molecule has 1 aromatic rings. The molecule has 0 aromatic heterocycles. The number of piperidine rings is 1. The molecule has 0 radical (unpaired) electrons. The molecule has 2 aliphatic rings. The second kappa shape index (κ2) is 10.7. The maximum atomic E-state index is 12.4. The van der Waals surface area contributed by atoms with E-state index in [-0.39, 0.29) is 18.7 Å². The van der Waals surface area contributed by atoms with Gasteiger partial charge in [-0.3, -0.25) is 4.79 Å². The average molecular weight is 405 g/mol. The Kier molecular flexibility index (Phi) is 8.35. The van der Waals surface area contributed by atoms with Gasteiger partial charge >= 0.3 is 17.9 Å². The number of carbonyl (C=O) groups is 3. The Morgan fingerprint density at radius 2 is 1.59 bits per heavy atom. The monoisotopic (exact) mass is 405 g/mol. The highest BCUT2D eigenvalue weighted by Gasteiger charge is 2.40. The van der Waals surface area contributed by atoms with Gasteiger partial charge in [-0.25, -0.2) is 9.59 Å². The van der Waals surface area contributed by atoms with Crippen LogP contribution in [0.3, 0.4) is 0 Å². The molecule has 0 aliphatic carbocycles. The van der Waals surface area contributed by atoms with Gasteiger partial charge in [0, 0.05) is 24.2 Å². The maximum absolute atomic E-state index is 12.4. The second-order valence-corrected chi connectivity index (χ2v) is 7.24. The smallest absolute Gasteiger partial charge is 0.328 e. The third-order valence-corrected chi connectivity index (χ3v) is 5.38. The lowest BCUT2D eigenvalue weighted by molar-refractivity contribution is -0.155. The number of hydrogen-bond acceptors (Lipinski definition) is 6. The van der Waals surface area contributed by atoms with E-state index in [1.807, 2.05) is 30.3 Å². The quantitative estimate of drug-likeness (QED) is 0.482. The normalized spacial score (nSPS) is 24.4. The fourth-order valence-electron chi connectivity index (χ4n) is 3.85. The highest BCUT2D eigenvalue weighted by atomic mass is 16.5. The summed E-state index contributed by atoms with van der Waals surface area (Å²) in [6.07, 6.45) is 5.38. The van der Waals surface area contributed by atoms with Crippen LogP contribution in [-0.4, -0.2) is 70.0 Å². The van der Waals surface area contributed by atoms with Gasteiger partial charge in [-0.15, -0.1) is 0 Å². The highest BCUT2D eigenvalue weighted by Crippen LogP contribution is 2.36. The number of hydrogen-bond donors (Lipinski definition) is 3. The maximum Gasteiger partial charge on any atom is 0.328 e. The summed E-state index contributed by atoms with van der Waals surface area (Å²) in [7, 11) is 2.17. The molecule has 3 N–H and O–H groups in total. The molecule has 2 heterocycles. The van der Waals surface area contributed by atoms with Crippen LogP contribution in [-0.2, 0) is 19.1 Å². The van der Waals surface area contributed by atoms with E-state index >= 15 is 0 Å². The Hall–Kier alpha value is -2.71. The first-order valence-electron chi connectivity index (χ1n) is 9.54. The van der Waals surface area contributed by atoms with Crippen molar-refractivity contribution in [1.82, 2.24) is 4.90 Å². The number of aliphatic hydroxyl groups is 1. The molecule has 2 bridgehead atoms. The summed E-state index contributed by atoms with van der Waals surface area (Å²) in [6, 6.07) is 10.5. The molecular formula is C21H27NO7. The summed E-state index contributed by atoms with van der Waals surface area (Å²) in [5, 5.41) is 25.2. The highest BCUT2D eigenvalue weighted by molar-refractivity contribution is 5.89. The molecule has 8 nitrogen and oxygen atoms in total. The largest absolute Gasteiger partial charge is 0.478 e. The third-order valence-electron chi connectivity index (χ3n) is 5.38. The summed E-state index contributed by atoms with van der Waals surface area (Å²) >= 11 is 0. The van der Waals surface area contributed by atoms with Gasteiger partial charge in [0.25, 0.3) is 0 Å². The summed E-state index contributed by atoms with van der Waals surface area (Å²) in [4.78, 5) is 33.9. The molecule has 0 amide bonds. The van der Waals surface area contributed by atoms with Crippen molar-refractivity contribution in [2.75, 3.05) is 13.7 Å². The Morgan fingerprint density at radius 3 is 2.03 bits per heavy atom. The lowest BCUT2D eigenvalue weighted by Crippen LogP contribution is -2.43. The van der Waals surface area contributed by atoms with Gasteiger partial charge in [0.2, 0.25) is 0 Å². The lowest BCUT2D eigenvalue weighted by atomic mass is 9.98. The van der Waals surface area contributed by atoms with Crippen molar-refractivity contribution in [3.05, 3.63) is 48.0 Å². The number of aliphatic carboxylic acids is 2. The van der Waals surface area contributed by atoms with E-state index < -0.39 is 17.9 Å². The minimum absolute atomic E-state index is 0.00367. The van der Waals surface area contributed by atoms with E-state index in [0.717, 1.165) is 18.4 Å². The molecule has 3 rings (SSSR count). The summed E-state index contributed by atoms with van der Waals surface area (Å²) in [5.41, 5.74) is 0.820. The molecule has 2 fully saturated rings. The molecule has 0 saturated carbocycles. The topological polar surface area (TPSA) is 124 Å². The minimum atomic E-state index is -1.26. The predicted octanol–water partition coefficient (Wildman–Crippen LogP) is 1.64. The molecular weight excluding hydrogens is 378 g/mol. The van der Waals surface area contributed by atoms with Gasteiger partial charge < -0.3 is 25.0 Å². The summed E-state index contributed by atoms with van der Waals surface area (Å²) in [6.45, 7) is -0.206. The van der Waals surface area contributed by atoms with E-state index in [1.165, 1.54) is 12.8 Å². The molecule has 1 aromatic carbocycles.